The maximum atomic E-state index is 12.9. The highest BCUT2D eigenvalue weighted by atomic mass is 19.3. The van der Waals surface area contributed by atoms with Gasteiger partial charge in [0.1, 0.15) is 12.4 Å². The number of nitrogens with zero attached hydrogens (tertiary/aromatic N) is 1. The van der Waals surface area contributed by atoms with E-state index < -0.39 is 19.0 Å². The van der Waals surface area contributed by atoms with E-state index in [2.05, 4.69) is 0 Å². The second-order valence-corrected chi connectivity index (χ2v) is 7.27. The molecule has 2 aromatic carbocycles. The van der Waals surface area contributed by atoms with E-state index in [9.17, 15) is 13.6 Å². The molecule has 0 amide bonds. The highest BCUT2D eigenvalue weighted by Gasteiger charge is 2.18. The fraction of sp³-hybridized carbons (Fsp3) is 0.240. The molecule has 0 saturated carbocycles. The molecule has 0 atom stereocenters. The molecule has 0 aliphatic rings. The predicted octanol–water partition coefficient (Wildman–Crippen LogP) is 6.05. The summed E-state index contributed by atoms with van der Waals surface area (Å²) in [6, 6.07) is 13.6. The minimum Gasteiger partial charge on any atom is -0.485 e. The number of hydrogen-bond donors (Lipinski definition) is 1. The topological polar surface area (TPSA) is 49.8 Å². The number of ether oxygens (including phenoxy) is 1. The largest absolute Gasteiger partial charge is 0.485 e. The van der Waals surface area contributed by atoms with E-state index in [1.807, 2.05) is 68.4 Å². The van der Waals surface area contributed by atoms with Crippen LogP contribution < -0.4 is 9.64 Å². The van der Waals surface area contributed by atoms with Crippen LogP contribution >= 0.6 is 0 Å². The van der Waals surface area contributed by atoms with Crippen molar-refractivity contribution < 1.29 is 23.4 Å². The first kappa shape index (κ1) is 23.9. The first-order valence-electron chi connectivity index (χ1n) is 9.77. The van der Waals surface area contributed by atoms with Crippen molar-refractivity contribution in [2.75, 3.05) is 25.6 Å². The molecule has 0 saturated heterocycles. The quantitative estimate of drug-likeness (QED) is 0.391. The van der Waals surface area contributed by atoms with Crippen molar-refractivity contribution in [3.8, 4) is 16.9 Å². The number of aliphatic carboxylic acids is 1. The SMILES string of the molecule is C/C(=C/C=C/C(C)=C/C(=O)O)c1cc(-c2ccccc2)cc(N(C)C)c1OCC(F)F. The van der Waals surface area contributed by atoms with Gasteiger partial charge in [0.25, 0.3) is 6.43 Å². The van der Waals surface area contributed by atoms with E-state index in [0.717, 1.165) is 22.8 Å². The minimum atomic E-state index is -2.59. The van der Waals surface area contributed by atoms with Gasteiger partial charge >= 0.3 is 5.97 Å². The zero-order valence-corrected chi connectivity index (χ0v) is 18.1. The number of alkyl halides is 2. The summed E-state index contributed by atoms with van der Waals surface area (Å²) >= 11 is 0. The number of rotatable bonds is 9. The van der Waals surface area contributed by atoms with Crippen molar-refractivity contribution in [2.45, 2.75) is 20.3 Å². The Hall–Kier alpha value is -3.41. The van der Waals surface area contributed by atoms with Gasteiger partial charge in [-0.25, -0.2) is 13.6 Å². The lowest BCUT2D eigenvalue weighted by atomic mass is 9.96. The number of hydrogen-bond acceptors (Lipinski definition) is 3. The Kier molecular flexibility index (Phi) is 8.55. The summed E-state index contributed by atoms with van der Waals surface area (Å²) in [5.41, 5.74) is 4.69. The molecule has 31 heavy (non-hydrogen) atoms. The average molecular weight is 427 g/mol. The molecular formula is C25H27F2NO3. The van der Waals surface area contributed by atoms with Crippen LogP contribution in [-0.2, 0) is 4.79 Å². The summed E-state index contributed by atoms with van der Waals surface area (Å²) in [6.07, 6.45) is 3.72. The molecular weight excluding hydrogens is 400 g/mol. The van der Waals surface area contributed by atoms with Crippen LogP contribution in [-0.4, -0.2) is 38.2 Å². The zero-order chi connectivity index (χ0) is 23.0. The number of halogens is 2. The number of benzene rings is 2. The van der Waals surface area contributed by atoms with Crippen LogP contribution in [0.15, 0.2) is 72.3 Å². The predicted molar refractivity (Wildman–Crippen MR) is 122 cm³/mol. The maximum absolute atomic E-state index is 12.9. The third kappa shape index (κ3) is 7.10. The van der Waals surface area contributed by atoms with Gasteiger partial charge in [-0.3, -0.25) is 0 Å². The second-order valence-electron chi connectivity index (χ2n) is 7.27. The van der Waals surface area contributed by atoms with Gasteiger partial charge in [0.15, 0.2) is 0 Å². The summed E-state index contributed by atoms with van der Waals surface area (Å²) in [5.74, 6) is -0.637. The molecule has 0 aliphatic carbocycles. The highest BCUT2D eigenvalue weighted by molar-refractivity contribution is 5.84. The van der Waals surface area contributed by atoms with Crippen molar-refractivity contribution in [2.24, 2.45) is 0 Å². The number of anilines is 1. The lowest BCUT2D eigenvalue weighted by Crippen LogP contribution is -2.15. The van der Waals surface area contributed by atoms with Gasteiger partial charge in [-0.1, -0.05) is 48.6 Å². The maximum Gasteiger partial charge on any atom is 0.328 e. The molecule has 0 aromatic heterocycles. The fourth-order valence-corrected chi connectivity index (χ4v) is 3.01. The van der Waals surface area contributed by atoms with Crippen LogP contribution in [0.1, 0.15) is 19.4 Å². The van der Waals surface area contributed by atoms with Crippen molar-refractivity contribution in [1.82, 2.24) is 0 Å². The molecule has 0 radical (unpaired) electrons. The van der Waals surface area contributed by atoms with Crippen LogP contribution in [0.5, 0.6) is 5.75 Å². The summed E-state index contributed by atoms with van der Waals surface area (Å²) < 4.78 is 31.4. The van der Waals surface area contributed by atoms with Gasteiger partial charge in [-0.2, -0.15) is 0 Å². The molecule has 1 N–H and O–H groups in total. The first-order chi connectivity index (χ1) is 14.7. The molecule has 0 bridgehead atoms. The van der Waals surface area contributed by atoms with Gasteiger partial charge in [0.05, 0.1) is 5.69 Å². The molecule has 6 heteroatoms. The first-order valence-corrected chi connectivity index (χ1v) is 9.77. The van der Waals surface area contributed by atoms with E-state index in [4.69, 9.17) is 9.84 Å². The molecule has 2 rings (SSSR count). The Morgan fingerprint density at radius 2 is 1.81 bits per heavy atom. The minimum absolute atomic E-state index is 0.380. The fourth-order valence-electron chi connectivity index (χ4n) is 3.01. The third-order valence-corrected chi connectivity index (χ3v) is 4.49. The molecule has 164 valence electrons. The monoisotopic (exact) mass is 427 g/mol. The smallest absolute Gasteiger partial charge is 0.328 e. The van der Waals surface area contributed by atoms with E-state index in [-0.39, 0.29) is 0 Å². The molecule has 0 unspecified atom stereocenters. The Morgan fingerprint density at radius 3 is 2.39 bits per heavy atom. The summed E-state index contributed by atoms with van der Waals surface area (Å²) in [4.78, 5) is 12.6. The Bertz CT molecular complexity index is 993. The normalized spacial score (nSPS) is 12.5. The molecule has 0 fully saturated rings. The summed E-state index contributed by atoms with van der Waals surface area (Å²) in [6.45, 7) is 2.84. The zero-order valence-electron chi connectivity index (χ0n) is 18.1. The molecule has 0 aliphatic heterocycles. The van der Waals surface area contributed by atoms with Crippen LogP contribution in [0.4, 0.5) is 14.5 Å². The number of allylic oxidation sites excluding steroid dienone is 5. The van der Waals surface area contributed by atoms with E-state index in [1.165, 1.54) is 0 Å². The van der Waals surface area contributed by atoms with Gasteiger partial charge in [-0.05, 0) is 48.3 Å². The molecule has 0 spiro atoms. The van der Waals surface area contributed by atoms with Crippen molar-refractivity contribution in [3.63, 3.8) is 0 Å². The third-order valence-electron chi connectivity index (χ3n) is 4.49. The van der Waals surface area contributed by atoms with Crippen LogP contribution in [0.3, 0.4) is 0 Å². The number of carboxylic acid groups (broad SMARTS) is 1. The number of carbonyl (C=O) groups is 1. The molecule has 2 aromatic rings. The summed E-state index contributed by atoms with van der Waals surface area (Å²) in [5, 5.41) is 8.82. The second kappa shape index (κ2) is 11.1. The highest BCUT2D eigenvalue weighted by Crippen LogP contribution is 2.40. The van der Waals surface area contributed by atoms with Crippen molar-refractivity contribution >= 4 is 17.2 Å². The summed E-state index contributed by atoms with van der Waals surface area (Å²) in [7, 11) is 3.67. The Morgan fingerprint density at radius 1 is 1.13 bits per heavy atom. The Balaban J connectivity index is 2.59. The van der Waals surface area contributed by atoms with Crippen LogP contribution in [0.2, 0.25) is 0 Å². The van der Waals surface area contributed by atoms with Gasteiger partial charge in [0, 0.05) is 25.7 Å². The lowest BCUT2D eigenvalue weighted by molar-refractivity contribution is -0.131. The van der Waals surface area contributed by atoms with Crippen LogP contribution in [0, 0.1) is 0 Å². The number of carboxylic acids is 1. The van der Waals surface area contributed by atoms with E-state index in [1.54, 1.807) is 25.2 Å². The molecule has 4 nitrogen and oxygen atoms in total. The lowest BCUT2D eigenvalue weighted by Gasteiger charge is -2.23. The van der Waals surface area contributed by atoms with Crippen LogP contribution in [0.25, 0.3) is 16.7 Å². The van der Waals surface area contributed by atoms with Gasteiger partial charge in [-0.15, -0.1) is 0 Å². The van der Waals surface area contributed by atoms with E-state index >= 15 is 0 Å². The van der Waals surface area contributed by atoms with Gasteiger partial charge < -0.3 is 14.7 Å². The standard InChI is InChI=1S/C25H27F2NO3/c1-17(13-24(29)30)9-8-10-18(2)21-14-20(19-11-6-5-7-12-19)15-22(28(3)4)25(21)31-16-23(26)27/h5-15,23H,16H2,1-4H3,(H,29,30)/b9-8+,17-13+,18-10-. The average Bonchev–Trinajstić information content (AvgIpc) is 2.71. The van der Waals surface area contributed by atoms with Crippen molar-refractivity contribution in [3.05, 3.63) is 77.9 Å². The van der Waals surface area contributed by atoms with Gasteiger partial charge in [0.2, 0.25) is 0 Å². The Labute approximate surface area is 181 Å². The van der Waals surface area contributed by atoms with Crippen molar-refractivity contribution in [1.29, 1.82) is 0 Å². The van der Waals surface area contributed by atoms with E-state index in [0.29, 0.717) is 22.6 Å². The molecule has 0 heterocycles.